The minimum absolute atomic E-state index is 0.280. The Balaban J connectivity index is 2.21. The Morgan fingerprint density at radius 3 is 2.53 bits per heavy atom. The third-order valence-electron chi connectivity index (χ3n) is 2.68. The predicted molar refractivity (Wildman–Crippen MR) is 56.5 cm³/mol. The highest BCUT2D eigenvalue weighted by atomic mass is 79.9. The van der Waals surface area contributed by atoms with E-state index in [0.717, 1.165) is 0 Å². The average Bonchev–Trinajstić information content (AvgIpc) is 2.18. The van der Waals surface area contributed by atoms with E-state index in [4.69, 9.17) is 14.2 Å². The van der Waals surface area contributed by atoms with Crippen LogP contribution in [0.4, 0.5) is 0 Å². The lowest BCUT2D eigenvalue weighted by Crippen LogP contribution is -2.46. The minimum atomic E-state index is -0.773. The van der Waals surface area contributed by atoms with Crippen molar-refractivity contribution in [1.82, 2.24) is 0 Å². The Morgan fingerprint density at radius 2 is 2.00 bits per heavy atom. The SMILES string of the molecule is CC1=C(CBr)C(=O)OC2(CCOCC2)O1. The van der Waals surface area contributed by atoms with Gasteiger partial charge in [0.25, 0.3) is 5.79 Å². The van der Waals surface area contributed by atoms with E-state index in [1.54, 1.807) is 6.92 Å². The fourth-order valence-corrected chi connectivity index (χ4v) is 2.39. The van der Waals surface area contributed by atoms with Gasteiger partial charge in [-0.25, -0.2) is 4.79 Å². The third kappa shape index (κ3) is 2.03. The van der Waals surface area contributed by atoms with Crippen molar-refractivity contribution in [3.8, 4) is 0 Å². The van der Waals surface area contributed by atoms with Crippen molar-refractivity contribution in [2.75, 3.05) is 18.5 Å². The van der Waals surface area contributed by atoms with E-state index in [1.807, 2.05) is 0 Å². The largest absolute Gasteiger partial charge is 0.456 e. The van der Waals surface area contributed by atoms with Gasteiger partial charge in [0.15, 0.2) is 0 Å². The van der Waals surface area contributed by atoms with Gasteiger partial charge in [-0.3, -0.25) is 0 Å². The van der Waals surface area contributed by atoms with E-state index in [9.17, 15) is 4.79 Å². The summed E-state index contributed by atoms with van der Waals surface area (Å²) in [6.07, 6.45) is 1.21. The zero-order valence-corrected chi connectivity index (χ0v) is 10.1. The highest BCUT2D eigenvalue weighted by Crippen LogP contribution is 2.35. The van der Waals surface area contributed by atoms with Gasteiger partial charge in [0.05, 0.1) is 18.8 Å². The van der Waals surface area contributed by atoms with Crippen LogP contribution in [0, 0.1) is 0 Å². The third-order valence-corrected chi connectivity index (χ3v) is 3.24. The van der Waals surface area contributed by atoms with Gasteiger partial charge < -0.3 is 14.2 Å². The van der Waals surface area contributed by atoms with Crippen LogP contribution in [0.3, 0.4) is 0 Å². The van der Waals surface area contributed by atoms with Crippen molar-refractivity contribution in [1.29, 1.82) is 0 Å². The van der Waals surface area contributed by atoms with Gasteiger partial charge in [0, 0.05) is 18.2 Å². The molecule has 5 heteroatoms. The molecule has 2 heterocycles. The van der Waals surface area contributed by atoms with Crippen LogP contribution in [0.5, 0.6) is 0 Å². The van der Waals surface area contributed by atoms with Gasteiger partial charge in [-0.15, -0.1) is 0 Å². The summed E-state index contributed by atoms with van der Waals surface area (Å²) in [5, 5.41) is 0.463. The lowest BCUT2D eigenvalue weighted by Gasteiger charge is -2.40. The molecule has 0 saturated carbocycles. The number of rotatable bonds is 1. The number of ether oxygens (including phenoxy) is 3. The van der Waals surface area contributed by atoms with Crippen molar-refractivity contribution >= 4 is 21.9 Å². The number of carbonyl (C=O) groups is 1. The van der Waals surface area contributed by atoms with E-state index < -0.39 is 5.79 Å². The van der Waals surface area contributed by atoms with Crippen LogP contribution in [0.15, 0.2) is 11.3 Å². The zero-order valence-electron chi connectivity index (χ0n) is 8.55. The first-order chi connectivity index (χ1) is 7.17. The minimum Gasteiger partial charge on any atom is -0.456 e. The molecule has 0 aromatic carbocycles. The van der Waals surface area contributed by atoms with Gasteiger partial charge in [0.2, 0.25) is 0 Å². The van der Waals surface area contributed by atoms with Crippen molar-refractivity contribution < 1.29 is 19.0 Å². The molecule has 15 heavy (non-hydrogen) atoms. The Labute approximate surface area is 96.7 Å². The molecule has 1 fully saturated rings. The highest BCUT2D eigenvalue weighted by Gasteiger charge is 2.43. The molecule has 0 amide bonds. The number of hydrogen-bond donors (Lipinski definition) is 0. The molecule has 0 aliphatic carbocycles. The molecule has 0 bridgehead atoms. The Bertz CT molecular complexity index is 305. The maximum Gasteiger partial charge on any atom is 0.341 e. The molecule has 0 aromatic rings. The van der Waals surface area contributed by atoms with Crippen LogP contribution in [-0.2, 0) is 19.0 Å². The molecule has 1 saturated heterocycles. The number of allylic oxidation sites excluding steroid dienone is 1. The lowest BCUT2D eigenvalue weighted by atomic mass is 10.1. The molecule has 0 aromatic heterocycles. The number of hydrogen-bond acceptors (Lipinski definition) is 4. The first kappa shape index (κ1) is 11.0. The topological polar surface area (TPSA) is 44.8 Å². The van der Waals surface area contributed by atoms with E-state index in [-0.39, 0.29) is 5.97 Å². The van der Waals surface area contributed by atoms with Crippen molar-refractivity contribution in [2.45, 2.75) is 25.6 Å². The van der Waals surface area contributed by atoms with Crippen molar-refractivity contribution in [3.63, 3.8) is 0 Å². The molecule has 2 aliphatic rings. The highest BCUT2D eigenvalue weighted by molar-refractivity contribution is 9.09. The first-order valence-electron chi connectivity index (χ1n) is 4.93. The molecule has 0 N–H and O–H groups in total. The van der Waals surface area contributed by atoms with Gasteiger partial charge in [-0.1, -0.05) is 15.9 Å². The number of halogens is 1. The second kappa shape index (κ2) is 4.14. The van der Waals surface area contributed by atoms with Gasteiger partial charge in [-0.05, 0) is 6.92 Å². The maximum atomic E-state index is 11.7. The molecule has 4 nitrogen and oxygen atoms in total. The summed E-state index contributed by atoms with van der Waals surface area (Å²) in [6.45, 7) is 2.95. The molecular weight excluding hydrogens is 264 g/mol. The Hall–Kier alpha value is -0.550. The monoisotopic (exact) mass is 276 g/mol. The smallest absolute Gasteiger partial charge is 0.341 e. The second-order valence-corrected chi connectivity index (χ2v) is 4.24. The summed E-state index contributed by atoms with van der Waals surface area (Å²) in [6, 6.07) is 0. The molecule has 0 unspecified atom stereocenters. The van der Waals surface area contributed by atoms with E-state index in [0.29, 0.717) is 42.7 Å². The standard InChI is InChI=1S/C10H13BrO4/c1-7-8(6-11)9(12)15-10(14-7)2-4-13-5-3-10/h2-6H2,1H3. The van der Waals surface area contributed by atoms with Crippen LogP contribution < -0.4 is 0 Å². The van der Waals surface area contributed by atoms with Crippen LogP contribution in [0.2, 0.25) is 0 Å². The molecule has 2 aliphatic heterocycles. The molecule has 0 radical (unpaired) electrons. The Kier molecular flexibility index (Phi) is 3.02. The normalized spacial score (nSPS) is 25.1. The molecule has 0 atom stereocenters. The van der Waals surface area contributed by atoms with E-state index >= 15 is 0 Å². The summed E-state index contributed by atoms with van der Waals surface area (Å²) < 4.78 is 16.3. The van der Waals surface area contributed by atoms with E-state index in [2.05, 4.69) is 15.9 Å². The number of alkyl halides is 1. The number of esters is 1. The fraction of sp³-hybridized carbons (Fsp3) is 0.700. The summed E-state index contributed by atoms with van der Waals surface area (Å²) >= 11 is 3.24. The summed E-state index contributed by atoms with van der Waals surface area (Å²) in [4.78, 5) is 11.7. The quantitative estimate of drug-likeness (QED) is 0.541. The van der Waals surface area contributed by atoms with E-state index in [1.165, 1.54) is 0 Å². The summed E-state index contributed by atoms with van der Waals surface area (Å²) in [7, 11) is 0. The average molecular weight is 277 g/mol. The van der Waals surface area contributed by atoms with Crippen LogP contribution in [0.25, 0.3) is 0 Å². The van der Waals surface area contributed by atoms with Crippen LogP contribution in [-0.4, -0.2) is 30.3 Å². The van der Waals surface area contributed by atoms with Crippen LogP contribution in [0.1, 0.15) is 19.8 Å². The number of carbonyl (C=O) groups excluding carboxylic acids is 1. The Morgan fingerprint density at radius 1 is 1.33 bits per heavy atom. The van der Waals surface area contributed by atoms with Crippen LogP contribution >= 0.6 is 15.9 Å². The van der Waals surface area contributed by atoms with Crippen molar-refractivity contribution in [3.05, 3.63) is 11.3 Å². The lowest BCUT2D eigenvalue weighted by molar-refractivity contribution is -0.248. The van der Waals surface area contributed by atoms with Crippen molar-refractivity contribution in [2.24, 2.45) is 0 Å². The van der Waals surface area contributed by atoms with Gasteiger partial charge in [0.1, 0.15) is 5.76 Å². The maximum absolute atomic E-state index is 11.7. The van der Waals surface area contributed by atoms with Gasteiger partial charge >= 0.3 is 5.97 Å². The van der Waals surface area contributed by atoms with Gasteiger partial charge in [-0.2, -0.15) is 0 Å². The predicted octanol–water partition coefficient (Wildman–Crippen LogP) is 1.74. The zero-order chi connectivity index (χ0) is 10.9. The second-order valence-electron chi connectivity index (χ2n) is 3.68. The summed E-state index contributed by atoms with van der Waals surface area (Å²) in [5.74, 6) is -0.395. The first-order valence-corrected chi connectivity index (χ1v) is 6.05. The molecular formula is C10H13BrO4. The fourth-order valence-electron chi connectivity index (χ4n) is 1.77. The molecule has 1 spiro atoms. The summed E-state index contributed by atoms with van der Waals surface area (Å²) in [5.41, 5.74) is 0.562. The molecule has 84 valence electrons. The molecule has 2 rings (SSSR count).